The molecule has 2 saturated heterocycles. The molecular formula is C23H28ClN7O5. The molecule has 36 heavy (non-hydrogen) atoms. The maximum atomic E-state index is 12.0. The summed E-state index contributed by atoms with van der Waals surface area (Å²) in [7, 11) is 1.48. The molecule has 5 rings (SSSR count). The lowest BCUT2D eigenvalue weighted by Gasteiger charge is -2.15. The lowest BCUT2D eigenvalue weighted by molar-refractivity contribution is -0.132. The van der Waals surface area contributed by atoms with E-state index in [1.807, 2.05) is 12.1 Å². The third-order valence-corrected chi connectivity index (χ3v) is 6.63. The van der Waals surface area contributed by atoms with Crippen molar-refractivity contribution in [3.8, 4) is 5.75 Å². The normalized spacial score (nSPS) is 25.8. The molecule has 0 saturated carbocycles. The first-order valence-electron chi connectivity index (χ1n) is 11.7. The van der Waals surface area contributed by atoms with Gasteiger partial charge in [0, 0.05) is 36.7 Å². The van der Waals surface area contributed by atoms with Crippen molar-refractivity contribution in [1.29, 1.82) is 0 Å². The highest BCUT2D eigenvalue weighted by molar-refractivity contribution is 6.30. The smallest absolute Gasteiger partial charge is 0.250 e. The molecule has 1 aromatic carbocycles. The highest BCUT2D eigenvalue weighted by atomic mass is 35.5. The Morgan fingerprint density at radius 1 is 1.39 bits per heavy atom. The van der Waals surface area contributed by atoms with E-state index in [9.17, 15) is 9.90 Å². The average Bonchev–Trinajstić information content (AvgIpc) is 3.62. The molecule has 1 unspecified atom stereocenters. The van der Waals surface area contributed by atoms with E-state index in [0.717, 1.165) is 24.3 Å². The fourth-order valence-corrected chi connectivity index (χ4v) is 4.55. The maximum Gasteiger partial charge on any atom is 0.250 e. The zero-order valence-corrected chi connectivity index (χ0v) is 20.4. The molecule has 0 spiro atoms. The van der Waals surface area contributed by atoms with Crippen LogP contribution in [-0.4, -0.2) is 76.1 Å². The van der Waals surface area contributed by atoms with Crippen molar-refractivity contribution in [2.24, 2.45) is 11.7 Å². The van der Waals surface area contributed by atoms with E-state index >= 15 is 0 Å². The highest BCUT2D eigenvalue weighted by Crippen LogP contribution is 2.33. The second-order valence-corrected chi connectivity index (χ2v) is 9.29. The summed E-state index contributed by atoms with van der Waals surface area (Å²) in [6.45, 7) is 2.42. The summed E-state index contributed by atoms with van der Waals surface area (Å²) in [6.07, 6.45) is -0.680. The van der Waals surface area contributed by atoms with Gasteiger partial charge in [-0.3, -0.25) is 4.79 Å². The Balaban J connectivity index is 1.33. The van der Waals surface area contributed by atoms with E-state index in [0.29, 0.717) is 53.5 Å². The number of carbonyl (C=O) groups excluding carboxylic acids is 1. The third-order valence-electron chi connectivity index (χ3n) is 6.40. The third kappa shape index (κ3) is 4.95. The lowest BCUT2D eigenvalue weighted by atomic mass is 10.1. The van der Waals surface area contributed by atoms with Crippen molar-refractivity contribution in [1.82, 2.24) is 25.3 Å². The summed E-state index contributed by atoms with van der Waals surface area (Å²) in [5.41, 5.74) is 7.76. The molecule has 2 fully saturated rings. The van der Waals surface area contributed by atoms with Gasteiger partial charge in [0.05, 0.1) is 19.3 Å². The molecule has 2 aliphatic heterocycles. The number of hydrogen-bond donors (Lipinski definition) is 5. The topological polar surface area (TPSA) is 170 Å². The van der Waals surface area contributed by atoms with Gasteiger partial charge in [0.2, 0.25) is 0 Å². The number of imidazole rings is 1. The second kappa shape index (κ2) is 10.5. The fourth-order valence-electron chi connectivity index (χ4n) is 4.36. The maximum absolute atomic E-state index is 12.0. The largest absolute Gasteiger partial charge is 0.493 e. The number of aliphatic hydroxyl groups excluding tert-OH is 1. The number of likely N-dealkylation sites (N-methyl/N-ethyl adjacent to an activating group) is 1. The Labute approximate surface area is 211 Å². The summed E-state index contributed by atoms with van der Waals surface area (Å²) >= 11 is 6.25. The molecule has 3 aromatic rings. The SMILES string of the molecule is CNC(=O)[C@H]1O[C@H](c2nc3ncnc(NCc4cc(Cl)ccc4OCC4CCOC4)c3[nH]2)[C@H](O)[C@@H]1N. The molecule has 0 bridgehead atoms. The molecule has 12 nitrogen and oxygen atoms in total. The number of nitrogens with zero attached hydrogens (tertiary/aromatic N) is 3. The van der Waals surface area contributed by atoms with Gasteiger partial charge in [0.1, 0.15) is 35.6 Å². The van der Waals surface area contributed by atoms with Gasteiger partial charge in [-0.2, -0.15) is 0 Å². The van der Waals surface area contributed by atoms with E-state index < -0.39 is 30.3 Å². The predicted octanol–water partition coefficient (Wildman–Crippen LogP) is 0.908. The van der Waals surface area contributed by atoms with Crippen molar-refractivity contribution in [2.45, 2.75) is 37.3 Å². The number of benzene rings is 1. The molecule has 13 heteroatoms. The summed E-state index contributed by atoms with van der Waals surface area (Å²) in [5, 5.41) is 16.9. The van der Waals surface area contributed by atoms with E-state index in [1.165, 1.54) is 13.4 Å². The van der Waals surface area contributed by atoms with Gasteiger partial charge in [-0.15, -0.1) is 0 Å². The number of hydrogen-bond acceptors (Lipinski definition) is 10. The van der Waals surface area contributed by atoms with Crippen LogP contribution in [-0.2, 0) is 20.8 Å². The van der Waals surface area contributed by atoms with E-state index in [4.69, 9.17) is 31.5 Å². The van der Waals surface area contributed by atoms with Gasteiger partial charge < -0.3 is 40.7 Å². The number of carbonyl (C=O) groups is 1. The van der Waals surface area contributed by atoms with E-state index in [1.54, 1.807) is 6.07 Å². The highest BCUT2D eigenvalue weighted by Gasteiger charge is 2.47. The number of amides is 1. The van der Waals surface area contributed by atoms with Gasteiger partial charge >= 0.3 is 0 Å². The standard InChI is InChI=1S/C23H28ClN7O5/c1-26-23(33)18-15(25)17(32)19(36-18)22-30-16-20(28-10-29-21(16)31-22)27-7-12-6-13(24)2-3-14(12)35-9-11-4-5-34-8-11/h2-3,6,10-11,15,17-19,32H,4-5,7-9,25H2,1H3,(H,26,33)(H2,27,28,29,30,31)/t11?,15-,17+,18-,19-/m0/s1. The number of H-pyrrole nitrogens is 1. The molecule has 0 aliphatic carbocycles. The van der Waals surface area contributed by atoms with Crippen molar-refractivity contribution in [3.63, 3.8) is 0 Å². The number of aromatic amines is 1. The second-order valence-electron chi connectivity index (χ2n) is 8.85. The first kappa shape index (κ1) is 24.7. The Hall–Kier alpha value is -3.03. The van der Waals surface area contributed by atoms with Gasteiger partial charge in [-0.05, 0) is 24.6 Å². The zero-order chi connectivity index (χ0) is 25.2. The number of ether oxygens (including phenoxy) is 3. The summed E-state index contributed by atoms with van der Waals surface area (Å²) in [5.74, 6) is 1.48. The van der Waals surface area contributed by atoms with Gasteiger partial charge in [0.15, 0.2) is 17.6 Å². The first-order valence-corrected chi connectivity index (χ1v) is 12.1. The molecule has 6 N–H and O–H groups in total. The molecule has 1 amide bonds. The molecular weight excluding hydrogens is 490 g/mol. The van der Waals surface area contributed by atoms with E-state index in [2.05, 4.69) is 30.6 Å². The Morgan fingerprint density at radius 3 is 3.03 bits per heavy atom. The Kier molecular flexibility index (Phi) is 7.21. The zero-order valence-electron chi connectivity index (χ0n) is 19.6. The number of halogens is 1. The molecule has 192 valence electrons. The molecule has 0 radical (unpaired) electrons. The van der Waals surface area contributed by atoms with Crippen LogP contribution in [0.25, 0.3) is 11.2 Å². The van der Waals surface area contributed by atoms with Crippen molar-refractivity contribution in [2.75, 3.05) is 32.2 Å². The van der Waals surface area contributed by atoms with Gasteiger partial charge in [-0.25, -0.2) is 15.0 Å². The van der Waals surface area contributed by atoms with E-state index in [-0.39, 0.29) is 0 Å². The number of anilines is 1. The minimum Gasteiger partial charge on any atom is -0.493 e. The predicted molar refractivity (Wildman–Crippen MR) is 131 cm³/mol. The van der Waals surface area contributed by atoms with Crippen LogP contribution < -0.4 is 21.1 Å². The van der Waals surface area contributed by atoms with Gasteiger partial charge in [-0.1, -0.05) is 11.6 Å². The quantitative estimate of drug-likeness (QED) is 0.289. The lowest BCUT2D eigenvalue weighted by Crippen LogP contribution is -2.46. The van der Waals surface area contributed by atoms with Crippen LogP contribution in [0.15, 0.2) is 24.5 Å². The van der Waals surface area contributed by atoms with Crippen molar-refractivity contribution in [3.05, 3.63) is 40.9 Å². The number of nitrogens with one attached hydrogen (secondary N) is 3. The Bertz CT molecular complexity index is 1230. The Morgan fingerprint density at radius 2 is 2.25 bits per heavy atom. The molecule has 2 aromatic heterocycles. The first-order chi connectivity index (χ1) is 17.4. The van der Waals surface area contributed by atoms with Crippen LogP contribution >= 0.6 is 11.6 Å². The van der Waals surface area contributed by atoms with Crippen LogP contribution in [0.4, 0.5) is 5.82 Å². The summed E-state index contributed by atoms with van der Waals surface area (Å²) in [4.78, 5) is 28.2. The minimum absolute atomic E-state index is 0.300. The van der Waals surface area contributed by atoms with Gasteiger partial charge in [0.25, 0.3) is 5.91 Å². The van der Waals surface area contributed by atoms with Crippen LogP contribution in [0.5, 0.6) is 5.75 Å². The number of aromatic nitrogens is 4. The summed E-state index contributed by atoms with van der Waals surface area (Å²) < 4.78 is 17.2. The fraction of sp³-hybridized carbons (Fsp3) is 0.478. The number of fused-ring (bicyclic) bond motifs is 1. The average molecular weight is 518 g/mol. The van der Waals surface area contributed by atoms with Crippen LogP contribution in [0, 0.1) is 5.92 Å². The number of rotatable bonds is 8. The van der Waals surface area contributed by atoms with Crippen molar-refractivity contribution < 1.29 is 24.1 Å². The monoisotopic (exact) mass is 517 g/mol. The number of aliphatic hydroxyl groups is 1. The van der Waals surface area contributed by atoms with Crippen LogP contribution in [0.2, 0.25) is 5.02 Å². The molecule has 5 atom stereocenters. The van der Waals surface area contributed by atoms with Crippen LogP contribution in [0.3, 0.4) is 0 Å². The molecule has 4 heterocycles. The minimum atomic E-state index is -1.13. The van der Waals surface area contributed by atoms with Crippen LogP contribution in [0.1, 0.15) is 23.9 Å². The van der Waals surface area contributed by atoms with Crippen molar-refractivity contribution >= 4 is 34.5 Å². The molecule has 2 aliphatic rings. The number of nitrogens with two attached hydrogens (primary N) is 1. The summed E-state index contributed by atoms with van der Waals surface area (Å²) in [6, 6.07) is 4.59.